The molecule has 33 heavy (non-hydrogen) atoms. The van der Waals surface area contributed by atoms with Gasteiger partial charge in [-0.2, -0.15) is 0 Å². The van der Waals surface area contributed by atoms with E-state index in [1.807, 2.05) is 0 Å². The van der Waals surface area contributed by atoms with Gasteiger partial charge in [0.2, 0.25) is 0 Å². The van der Waals surface area contributed by atoms with E-state index in [9.17, 15) is 29.8 Å². The van der Waals surface area contributed by atoms with E-state index in [1.165, 1.54) is 18.9 Å². The molecule has 1 amide bonds. The quantitative estimate of drug-likeness (QED) is 0.504. The number of ketones is 1. The number of carbonyl (C=O) groups is 2. The second-order valence-electron chi connectivity index (χ2n) is 8.19. The van der Waals surface area contributed by atoms with E-state index in [0.29, 0.717) is 29.9 Å². The number of benzene rings is 2. The number of piperidine rings is 1. The highest BCUT2D eigenvalue weighted by molar-refractivity contribution is 6.01. The third-order valence-electron chi connectivity index (χ3n) is 6.26. The first-order valence-corrected chi connectivity index (χ1v) is 10.3. The number of carbonyl (C=O) groups excluding carboxylic acids is 2. The number of Topliss-reactive ketones (excluding diaryl/α,β-unsaturated/α-hetero) is 1. The molecule has 0 N–H and O–H groups in total. The van der Waals surface area contributed by atoms with Crippen molar-refractivity contribution in [2.45, 2.75) is 31.8 Å². The predicted octanol–water partition coefficient (Wildman–Crippen LogP) is 3.46. The maximum absolute atomic E-state index is 13.1. The van der Waals surface area contributed by atoms with Crippen LogP contribution >= 0.6 is 0 Å². The number of amides is 1. The molecule has 1 fully saturated rings. The first kappa shape index (κ1) is 22.2. The normalized spacial score (nSPS) is 16.7. The van der Waals surface area contributed by atoms with E-state index in [-0.39, 0.29) is 36.4 Å². The summed E-state index contributed by atoms with van der Waals surface area (Å²) in [6.45, 7) is 1.87. The Morgan fingerprint density at radius 3 is 2.42 bits per heavy atom. The van der Waals surface area contributed by atoms with Crippen molar-refractivity contribution in [3.05, 3.63) is 67.3 Å². The summed E-state index contributed by atoms with van der Waals surface area (Å²) in [6, 6.07) is 6.94. The third-order valence-corrected chi connectivity index (χ3v) is 6.26. The molecule has 0 atom stereocenters. The zero-order chi connectivity index (χ0) is 23.9. The van der Waals surface area contributed by atoms with Crippen molar-refractivity contribution in [2.24, 2.45) is 0 Å². The minimum absolute atomic E-state index is 0.0520. The molecular formula is C22H21N3O8. The van der Waals surface area contributed by atoms with Gasteiger partial charge in [0.25, 0.3) is 17.3 Å². The first-order valence-electron chi connectivity index (χ1n) is 10.3. The molecule has 1 saturated heterocycles. The van der Waals surface area contributed by atoms with Gasteiger partial charge in [0.1, 0.15) is 17.1 Å². The van der Waals surface area contributed by atoms with Gasteiger partial charge in [-0.15, -0.1) is 0 Å². The Bertz CT molecular complexity index is 1180. The smallest absolute Gasteiger partial charge is 0.279 e. The summed E-state index contributed by atoms with van der Waals surface area (Å²) in [5.41, 5.74) is -1.29. The van der Waals surface area contributed by atoms with E-state index >= 15 is 0 Å². The van der Waals surface area contributed by atoms with Crippen molar-refractivity contribution in [3.63, 3.8) is 0 Å². The number of non-ortho nitro benzene ring substituents is 1. The Morgan fingerprint density at radius 1 is 1.12 bits per heavy atom. The fourth-order valence-electron chi connectivity index (χ4n) is 4.37. The lowest BCUT2D eigenvalue weighted by Gasteiger charge is -2.44. The number of hydrogen-bond acceptors (Lipinski definition) is 8. The highest BCUT2D eigenvalue weighted by Crippen LogP contribution is 2.41. The van der Waals surface area contributed by atoms with E-state index in [4.69, 9.17) is 9.47 Å². The van der Waals surface area contributed by atoms with Crippen molar-refractivity contribution < 1.29 is 28.9 Å². The first-order chi connectivity index (χ1) is 15.6. The topological polar surface area (TPSA) is 142 Å². The summed E-state index contributed by atoms with van der Waals surface area (Å²) in [4.78, 5) is 48.4. The van der Waals surface area contributed by atoms with Crippen LogP contribution in [0.1, 0.15) is 45.5 Å². The van der Waals surface area contributed by atoms with Crippen LogP contribution in [-0.2, 0) is 0 Å². The molecule has 2 heterocycles. The number of methoxy groups -OCH3 is 1. The molecule has 0 radical (unpaired) electrons. The molecule has 2 aliphatic heterocycles. The van der Waals surface area contributed by atoms with Gasteiger partial charge in [-0.3, -0.25) is 29.8 Å². The van der Waals surface area contributed by atoms with Gasteiger partial charge in [0.15, 0.2) is 5.78 Å². The molecule has 0 saturated carbocycles. The number of hydrogen-bond donors (Lipinski definition) is 0. The molecule has 0 unspecified atom stereocenters. The molecule has 1 spiro atoms. The maximum Gasteiger partial charge on any atom is 0.279 e. The molecule has 11 nitrogen and oxygen atoms in total. The largest absolute Gasteiger partial charge is 0.497 e. The maximum atomic E-state index is 13.1. The summed E-state index contributed by atoms with van der Waals surface area (Å²) < 4.78 is 11.4. The summed E-state index contributed by atoms with van der Waals surface area (Å²) in [7, 11) is 1.52. The number of nitro groups is 2. The van der Waals surface area contributed by atoms with E-state index in [2.05, 4.69) is 0 Å². The van der Waals surface area contributed by atoms with Crippen LogP contribution in [0.2, 0.25) is 0 Å². The Hall–Kier alpha value is -4.02. The molecule has 11 heteroatoms. The average molecular weight is 455 g/mol. The van der Waals surface area contributed by atoms with Crippen molar-refractivity contribution in [1.29, 1.82) is 0 Å². The average Bonchev–Trinajstić information content (AvgIpc) is 2.78. The number of likely N-dealkylation sites (tertiary alicyclic amines) is 1. The molecule has 172 valence electrons. The van der Waals surface area contributed by atoms with Crippen LogP contribution < -0.4 is 9.47 Å². The lowest BCUT2D eigenvalue weighted by molar-refractivity contribution is -0.394. The standard InChI is InChI=1S/C22H21N3O8/c1-13-17(9-14(24(28)29)10-18(13)25(30)31)21(27)23-7-5-22(6-8-23)12-19(26)16-4-3-15(32-2)11-20(16)33-22/h3-4,9-11H,5-8,12H2,1-2H3. The lowest BCUT2D eigenvalue weighted by atomic mass is 9.82. The van der Waals surface area contributed by atoms with Crippen LogP contribution in [0.25, 0.3) is 0 Å². The number of nitrogens with zero attached hydrogens (tertiary/aromatic N) is 3. The number of nitro benzene ring substituents is 2. The Kier molecular flexibility index (Phi) is 5.48. The molecule has 2 aromatic rings. The fourth-order valence-corrected chi connectivity index (χ4v) is 4.37. The lowest BCUT2D eigenvalue weighted by Crippen LogP contribution is -2.52. The van der Waals surface area contributed by atoms with Gasteiger partial charge in [-0.25, -0.2) is 0 Å². The van der Waals surface area contributed by atoms with Crippen molar-refractivity contribution in [1.82, 2.24) is 4.90 Å². The highest BCUT2D eigenvalue weighted by atomic mass is 16.6. The van der Waals surface area contributed by atoms with Gasteiger partial charge >= 0.3 is 0 Å². The second kappa shape index (κ2) is 8.15. The summed E-state index contributed by atoms with van der Waals surface area (Å²) >= 11 is 0. The molecule has 2 aromatic carbocycles. The van der Waals surface area contributed by atoms with E-state index in [1.54, 1.807) is 18.2 Å². The van der Waals surface area contributed by atoms with Crippen LogP contribution in [0, 0.1) is 27.2 Å². The molecule has 0 aliphatic carbocycles. The monoisotopic (exact) mass is 455 g/mol. The summed E-state index contributed by atoms with van der Waals surface area (Å²) in [5.74, 6) is 0.423. The zero-order valence-corrected chi connectivity index (χ0v) is 18.0. The molecule has 0 aromatic heterocycles. The Labute approximate surface area is 188 Å². The van der Waals surface area contributed by atoms with Gasteiger partial charge in [0.05, 0.1) is 40.6 Å². The second-order valence-corrected chi connectivity index (χ2v) is 8.19. The number of fused-ring (bicyclic) bond motifs is 1. The van der Waals surface area contributed by atoms with Crippen LogP contribution in [0.5, 0.6) is 11.5 Å². The summed E-state index contributed by atoms with van der Waals surface area (Å²) in [6.07, 6.45) is 0.921. The van der Waals surface area contributed by atoms with Gasteiger partial charge in [-0.05, 0) is 19.1 Å². The van der Waals surface area contributed by atoms with Crippen LogP contribution in [0.3, 0.4) is 0 Å². The van der Waals surface area contributed by atoms with E-state index in [0.717, 1.165) is 12.1 Å². The zero-order valence-electron chi connectivity index (χ0n) is 18.0. The van der Waals surface area contributed by atoms with Gasteiger partial charge < -0.3 is 14.4 Å². The van der Waals surface area contributed by atoms with Gasteiger partial charge in [-0.1, -0.05) is 0 Å². The van der Waals surface area contributed by atoms with Crippen molar-refractivity contribution in [3.8, 4) is 11.5 Å². The minimum atomic E-state index is -0.767. The van der Waals surface area contributed by atoms with Crippen LogP contribution in [-0.4, -0.2) is 52.2 Å². The van der Waals surface area contributed by atoms with E-state index < -0.39 is 32.7 Å². The number of ether oxygens (including phenoxy) is 2. The summed E-state index contributed by atoms with van der Waals surface area (Å²) in [5, 5.41) is 22.5. The van der Waals surface area contributed by atoms with Crippen LogP contribution in [0.4, 0.5) is 11.4 Å². The minimum Gasteiger partial charge on any atom is -0.497 e. The SMILES string of the molecule is COc1ccc2c(c1)OC1(CCN(C(=O)c3cc([N+](=O)[O-])cc([N+](=O)[O-])c3C)CC1)CC2=O. The predicted molar refractivity (Wildman–Crippen MR) is 115 cm³/mol. The molecular weight excluding hydrogens is 434 g/mol. The fraction of sp³-hybridized carbons (Fsp3) is 0.364. The van der Waals surface area contributed by atoms with Gasteiger partial charge in [0, 0.05) is 43.6 Å². The molecule has 4 rings (SSSR count). The van der Waals surface area contributed by atoms with Crippen LogP contribution in [0.15, 0.2) is 30.3 Å². The van der Waals surface area contributed by atoms with Crippen molar-refractivity contribution >= 4 is 23.1 Å². The highest BCUT2D eigenvalue weighted by Gasteiger charge is 2.44. The molecule has 0 bridgehead atoms. The Balaban J connectivity index is 1.56. The Morgan fingerprint density at radius 2 is 1.82 bits per heavy atom. The van der Waals surface area contributed by atoms with Crippen molar-refractivity contribution in [2.75, 3.05) is 20.2 Å². The molecule has 2 aliphatic rings. The number of rotatable bonds is 4. The third kappa shape index (κ3) is 3.97.